The number of likely N-dealkylation sites (tertiary alicyclic amines) is 1. The number of aromatic hydroxyl groups is 1. The van der Waals surface area contributed by atoms with Gasteiger partial charge in [0.15, 0.2) is 0 Å². The fraction of sp³-hybridized carbons (Fsp3) is 0.500. The number of phenolic OH excluding ortho intramolecular Hbond substituents is 1. The highest BCUT2D eigenvalue weighted by atomic mass is 16.3. The third-order valence-electron chi connectivity index (χ3n) is 3.46. The second-order valence-corrected chi connectivity index (χ2v) is 4.71. The maximum atomic E-state index is 12.4. The van der Waals surface area contributed by atoms with Gasteiger partial charge >= 0.3 is 0 Å². The first kappa shape index (κ1) is 12.9. The highest BCUT2D eigenvalue weighted by molar-refractivity contribution is 5.94. The van der Waals surface area contributed by atoms with Gasteiger partial charge in [-0.3, -0.25) is 4.79 Å². The Morgan fingerprint density at radius 2 is 2.00 bits per heavy atom. The highest BCUT2D eigenvalue weighted by Gasteiger charge is 2.26. The molecule has 1 unspecified atom stereocenters. The molecule has 0 spiro atoms. The van der Waals surface area contributed by atoms with E-state index in [1.165, 1.54) is 12.1 Å². The highest BCUT2D eigenvalue weighted by Crippen LogP contribution is 2.22. The zero-order chi connectivity index (χ0) is 13.0. The number of benzene rings is 1. The average molecular weight is 249 g/mol. The van der Waals surface area contributed by atoms with Crippen molar-refractivity contribution in [2.24, 2.45) is 0 Å². The molecule has 0 bridgehead atoms. The van der Waals surface area contributed by atoms with Crippen LogP contribution < -0.4 is 0 Å². The van der Waals surface area contributed by atoms with Crippen LogP contribution in [-0.4, -0.2) is 40.2 Å². The summed E-state index contributed by atoms with van der Waals surface area (Å²) in [6.45, 7) is 0.869. The number of aliphatic hydroxyl groups excluding tert-OH is 1. The molecule has 0 aromatic heterocycles. The normalized spacial score (nSPS) is 19.8. The minimum Gasteiger partial charge on any atom is -0.508 e. The van der Waals surface area contributed by atoms with Gasteiger partial charge in [0.1, 0.15) is 5.75 Å². The van der Waals surface area contributed by atoms with Crippen LogP contribution in [0, 0.1) is 0 Å². The molecule has 18 heavy (non-hydrogen) atoms. The number of nitrogens with zero attached hydrogens (tertiary/aromatic N) is 1. The average Bonchev–Trinajstić information content (AvgIpc) is 2.40. The molecule has 2 rings (SSSR count). The van der Waals surface area contributed by atoms with Gasteiger partial charge in [-0.1, -0.05) is 0 Å². The molecule has 1 atom stereocenters. The van der Waals surface area contributed by atoms with Crippen molar-refractivity contribution in [2.75, 3.05) is 13.2 Å². The van der Waals surface area contributed by atoms with Crippen molar-refractivity contribution >= 4 is 5.91 Å². The molecule has 0 radical (unpaired) electrons. The molecule has 1 fully saturated rings. The zero-order valence-corrected chi connectivity index (χ0v) is 10.4. The lowest BCUT2D eigenvalue weighted by Crippen LogP contribution is -2.44. The molecule has 1 aliphatic heterocycles. The van der Waals surface area contributed by atoms with Gasteiger partial charge in [-0.15, -0.1) is 0 Å². The topological polar surface area (TPSA) is 60.8 Å². The van der Waals surface area contributed by atoms with E-state index in [0.717, 1.165) is 25.8 Å². The van der Waals surface area contributed by atoms with Crippen LogP contribution in [0.2, 0.25) is 0 Å². The van der Waals surface area contributed by atoms with Gasteiger partial charge < -0.3 is 15.1 Å². The summed E-state index contributed by atoms with van der Waals surface area (Å²) in [4.78, 5) is 14.2. The summed E-state index contributed by atoms with van der Waals surface area (Å²) >= 11 is 0. The van der Waals surface area contributed by atoms with E-state index in [0.29, 0.717) is 12.0 Å². The van der Waals surface area contributed by atoms with E-state index in [1.54, 1.807) is 12.1 Å². The minimum absolute atomic E-state index is 0.00634. The molecular weight excluding hydrogens is 230 g/mol. The summed E-state index contributed by atoms with van der Waals surface area (Å²) in [7, 11) is 0. The first-order valence-electron chi connectivity index (χ1n) is 6.43. The molecule has 0 aliphatic carbocycles. The van der Waals surface area contributed by atoms with Gasteiger partial charge in [-0.05, 0) is 49.9 Å². The van der Waals surface area contributed by atoms with Crippen molar-refractivity contribution in [2.45, 2.75) is 31.7 Å². The number of rotatable bonds is 3. The van der Waals surface area contributed by atoms with Gasteiger partial charge in [-0.25, -0.2) is 0 Å². The predicted octanol–water partition coefficient (Wildman–Crippen LogP) is 1.77. The van der Waals surface area contributed by atoms with Gasteiger partial charge in [0.2, 0.25) is 0 Å². The Morgan fingerprint density at radius 1 is 1.28 bits per heavy atom. The second-order valence-electron chi connectivity index (χ2n) is 4.71. The van der Waals surface area contributed by atoms with Crippen LogP contribution in [0.5, 0.6) is 5.75 Å². The summed E-state index contributed by atoms with van der Waals surface area (Å²) in [6.07, 6.45) is 3.74. The predicted molar refractivity (Wildman–Crippen MR) is 68.5 cm³/mol. The summed E-state index contributed by atoms with van der Waals surface area (Å²) < 4.78 is 0. The molecule has 4 nitrogen and oxygen atoms in total. The number of carbonyl (C=O) groups is 1. The fourth-order valence-electron chi connectivity index (χ4n) is 2.49. The molecule has 4 heteroatoms. The van der Waals surface area contributed by atoms with Crippen LogP contribution in [0.1, 0.15) is 36.0 Å². The lowest BCUT2D eigenvalue weighted by atomic mass is 9.98. The number of aliphatic hydroxyl groups is 1. The second kappa shape index (κ2) is 5.87. The Kier molecular flexibility index (Phi) is 4.20. The number of piperidine rings is 1. The summed E-state index contributed by atoms with van der Waals surface area (Å²) in [5, 5.41) is 18.3. The Labute approximate surface area is 107 Å². The quantitative estimate of drug-likeness (QED) is 0.858. The van der Waals surface area contributed by atoms with Gasteiger partial charge in [0.05, 0.1) is 0 Å². The van der Waals surface area contributed by atoms with Gasteiger partial charge in [-0.2, -0.15) is 0 Å². The van der Waals surface area contributed by atoms with Crippen LogP contribution >= 0.6 is 0 Å². The van der Waals surface area contributed by atoms with E-state index in [-0.39, 0.29) is 24.3 Å². The van der Waals surface area contributed by atoms with E-state index < -0.39 is 0 Å². The monoisotopic (exact) mass is 249 g/mol. The summed E-state index contributed by atoms with van der Waals surface area (Å²) in [5.74, 6) is 0.158. The summed E-state index contributed by atoms with van der Waals surface area (Å²) in [6, 6.07) is 6.48. The smallest absolute Gasteiger partial charge is 0.254 e. The van der Waals surface area contributed by atoms with Crippen molar-refractivity contribution < 1.29 is 15.0 Å². The van der Waals surface area contributed by atoms with Crippen LogP contribution in [-0.2, 0) is 0 Å². The number of carbonyl (C=O) groups excluding carboxylic acids is 1. The Hall–Kier alpha value is -1.55. The van der Waals surface area contributed by atoms with E-state index >= 15 is 0 Å². The first-order chi connectivity index (χ1) is 8.72. The standard InChI is InChI=1S/C14H19NO3/c16-10-8-12-3-1-2-9-15(12)14(18)11-4-6-13(17)7-5-11/h4-7,12,16-17H,1-3,8-10H2. The maximum Gasteiger partial charge on any atom is 0.254 e. The molecule has 1 saturated heterocycles. The molecule has 1 aliphatic rings. The molecule has 1 heterocycles. The molecule has 0 saturated carbocycles. The summed E-state index contributed by atoms with van der Waals surface area (Å²) in [5.41, 5.74) is 0.595. The first-order valence-corrected chi connectivity index (χ1v) is 6.43. The molecule has 1 amide bonds. The number of hydrogen-bond donors (Lipinski definition) is 2. The Balaban J connectivity index is 2.12. The van der Waals surface area contributed by atoms with Gasteiger partial charge in [0.25, 0.3) is 5.91 Å². The molecule has 1 aromatic carbocycles. The van der Waals surface area contributed by atoms with E-state index in [4.69, 9.17) is 5.11 Å². The number of amides is 1. The molecule has 2 N–H and O–H groups in total. The van der Waals surface area contributed by atoms with E-state index in [2.05, 4.69) is 0 Å². The van der Waals surface area contributed by atoms with Crippen molar-refractivity contribution in [3.05, 3.63) is 29.8 Å². The largest absolute Gasteiger partial charge is 0.508 e. The minimum atomic E-state index is -0.00634. The Bertz CT molecular complexity index is 400. The van der Waals surface area contributed by atoms with E-state index in [1.807, 2.05) is 4.90 Å². The molecular formula is C14H19NO3. The van der Waals surface area contributed by atoms with Crippen molar-refractivity contribution in [3.8, 4) is 5.75 Å². The number of phenols is 1. The van der Waals surface area contributed by atoms with Crippen LogP contribution in [0.3, 0.4) is 0 Å². The number of hydrogen-bond acceptors (Lipinski definition) is 3. The fourth-order valence-corrected chi connectivity index (χ4v) is 2.49. The molecule has 1 aromatic rings. The van der Waals surface area contributed by atoms with Crippen molar-refractivity contribution in [1.29, 1.82) is 0 Å². The lowest BCUT2D eigenvalue weighted by molar-refractivity contribution is 0.0574. The van der Waals surface area contributed by atoms with Crippen molar-refractivity contribution in [3.63, 3.8) is 0 Å². The Morgan fingerprint density at radius 3 is 2.67 bits per heavy atom. The lowest BCUT2D eigenvalue weighted by Gasteiger charge is -2.35. The zero-order valence-electron chi connectivity index (χ0n) is 10.4. The van der Waals surface area contributed by atoms with Crippen LogP contribution in [0.25, 0.3) is 0 Å². The van der Waals surface area contributed by atoms with Crippen LogP contribution in [0.15, 0.2) is 24.3 Å². The third-order valence-corrected chi connectivity index (χ3v) is 3.46. The molecule has 98 valence electrons. The SMILES string of the molecule is O=C(c1ccc(O)cc1)N1CCCCC1CCO. The van der Waals surface area contributed by atoms with Crippen LogP contribution in [0.4, 0.5) is 0 Å². The third kappa shape index (κ3) is 2.82. The maximum absolute atomic E-state index is 12.4. The van der Waals surface area contributed by atoms with E-state index in [9.17, 15) is 9.90 Å². The van der Waals surface area contributed by atoms with Crippen molar-refractivity contribution in [1.82, 2.24) is 4.90 Å². The van der Waals surface area contributed by atoms with Gasteiger partial charge in [0, 0.05) is 24.8 Å².